The molecular formula is C7H7F3IN3O. The van der Waals surface area contributed by atoms with Gasteiger partial charge in [0.25, 0.3) is 0 Å². The van der Waals surface area contributed by atoms with Gasteiger partial charge in [0.1, 0.15) is 5.82 Å². The van der Waals surface area contributed by atoms with Gasteiger partial charge in [0.15, 0.2) is 0 Å². The van der Waals surface area contributed by atoms with E-state index < -0.39 is 12.2 Å². The molecule has 0 unspecified atom stereocenters. The number of hydrogen-bond donors (Lipinski definition) is 2. The predicted molar refractivity (Wildman–Crippen MR) is 55.9 cm³/mol. The van der Waals surface area contributed by atoms with E-state index in [1.807, 2.05) is 22.6 Å². The lowest BCUT2D eigenvalue weighted by Crippen LogP contribution is -2.19. The summed E-state index contributed by atoms with van der Waals surface area (Å²) < 4.78 is 39.8. The Bertz CT molecular complexity index is 369. The van der Waals surface area contributed by atoms with Crippen LogP contribution in [-0.4, -0.2) is 11.3 Å². The maximum absolute atomic E-state index is 11.9. The molecule has 1 heterocycles. The van der Waals surface area contributed by atoms with Crippen molar-refractivity contribution in [3.63, 3.8) is 0 Å². The summed E-state index contributed by atoms with van der Waals surface area (Å²) in [6.07, 6.45) is -4.78. The molecular weight excluding hydrogens is 326 g/mol. The molecule has 0 spiro atoms. The highest BCUT2D eigenvalue weighted by Crippen LogP contribution is 2.26. The van der Waals surface area contributed by atoms with Crippen LogP contribution in [0.3, 0.4) is 0 Å². The Labute approximate surface area is 96.9 Å². The summed E-state index contributed by atoms with van der Waals surface area (Å²) in [4.78, 5) is 3.44. The number of anilines is 1. The van der Waals surface area contributed by atoms with Gasteiger partial charge >= 0.3 is 6.36 Å². The smallest absolute Gasteiger partial charge is 0.388 e. The molecule has 0 amide bonds. The number of rotatable bonds is 2. The number of nitrogen functional groups attached to an aromatic ring is 1. The van der Waals surface area contributed by atoms with Crippen LogP contribution in [-0.2, 0) is 6.54 Å². The number of nitrogens with zero attached hydrogens (tertiary/aromatic N) is 1. The van der Waals surface area contributed by atoms with Crippen molar-refractivity contribution in [2.24, 2.45) is 5.73 Å². The van der Waals surface area contributed by atoms with Gasteiger partial charge < -0.3 is 16.2 Å². The Kier molecular flexibility index (Phi) is 3.60. The number of hydrogen-bond acceptors (Lipinski definition) is 4. The molecule has 84 valence electrons. The molecule has 4 nitrogen and oxygen atoms in total. The summed E-state index contributed by atoms with van der Waals surface area (Å²) in [5, 5.41) is 0. The standard InChI is InChI=1S/C7H7F3IN3O/c8-7(9,10)15-4-1-3(2-12)5(11)6(13)14-4/h1H,2,12H2,(H2,13,14). The number of alkyl halides is 3. The summed E-state index contributed by atoms with van der Waals surface area (Å²) >= 11 is 1.85. The molecule has 1 aromatic heterocycles. The SMILES string of the molecule is NCc1cc(OC(F)(F)F)nc(N)c1I. The fraction of sp³-hybridized carbons (Fsp3) is 0.286. The van der Waals surface area contributed by atoms with Gasteiger partial charge in [0.2, 0.25) is 5.88 Å². The molecule has 0 aliphatic heterocycles. The van der Waals surface area contributed by atoms with E-state index in [0.29, 0.717) is 9.13 Å². The molecule has 0 saturated heterocycles. The van der Waals surface area contributed by atoms with E-state index in [2.05, 4.69) is 9.72 Å². The zero-order chi connectivity index (χ0) is 11.6. The first kappa shape index (κ1) is 12.3. The highest BCUT2D eigenvalue weighted by Gasteiger charge is 2.32. The summed E-state index contributed by atoms with van der Waals surface area (Å²) in [7, 11) is 0. The van der Waals surface area contributed by atoms with Gasteiger partial charge in [-0.05, 0) is 28.2 Å². The molecule has 8 heteroatoms. The largest absolute Gasteiger partial charge is 0.574 e. The molecule has 0 aliphatic carbocycles. The summed E-state index contributed by atoms with van der Waals surface area (Å²) in [6.45, 7) is 0.0687. The van der Waals surface area contributed by atoms with Crippen molar-refractivity contribution in [2.75, 3.05) is 5.73 Å². The van der Waals surface area contributed by atoms with Gasteiger partial charge in [0, 0.05) is 12.6 Å². The summed E-state index contributed by atoms with van der Waals surface area (Å²) in [6, 6.07) is 1.12. The maximum Gasteiger partial charge on any atom is 0.574 e. The fourth-order valence-electron chi connectivity index (χ4n) is 0.896. The van der Waals surface area contributed by atoms with Crippen molar-refractivity contribution < 1.29 is 17.9 Å². The van der Waals surface area contributed by atoms with Crippen molar-refractivity contribution in [1.29, 1.82) is 0 Å². The normalized spacial score (nSPS) is 11.5. The molecule has 0 saturated carbocycles. The molecule has 0 bridgehead atoms. The number of pyridine rings is 1. The van der Waals surface area contributed by atoms with E-state index >= 15 is 0 Å². The van der Waals surface area contributed by atoms with Crippen LogP contribution in [0.4, 0.5) is 19.0 Å². The molecule has 0 aromatic carbocycles. The Morgan fingerprint density at radius 1 is 1.47 bits per heavy atom. The third-order valence-electron chi connectivity index (χ3n) is 1.48. The van der Waals surface area contributed by atoms with Crippen LogP contribution < -0.4 is 16.2 Å². The second-order valence-corrected chi connectivity index (χ2v) is 3.65. The first-order valence-electron chi connectivity index (χ1n) is 3.74. The maximum atomic E-state index is 11.9. The topological polar surface area (TPSA) is 74.2 Å². The number of halogens is 4. The van der Waals surface area contributed by atoms with Crippen molar-refractivity contribution in [1.82, 2.24) is 4.98 Å². The van der Waals surface area contributed by atoms with Crippen LogP contribution in [0, 0.1) is 3.57 Å². The van der Waals surface area contributed by atoms with Crippen LogP contribution >= 0.6 is 22.6 Å². The molecule has 4 N–H and O–H groups in total. The lowest BCUT2D eigenvalue weighted by Gasteiger charge is -2.11. The minimum Gasteiger partial charge on any atom is -0.388 e. The fourth-order valence-corrected chi connectivity index (χ4v) is 1.39. The second kappa shape index (κ2) is 4.39. The summed E-state index contributed by atoms with van der Waals surface area (Å²) in [5.74, 6) is -0.626. The van der Waals surface area contributed by atoms with Crippen LogP contribution in [0.25, 0.3) is 0 Å². The number of nitrogens with two attached hydrogens (primary N) is 2. The highest BCUT2D eigenvalue weighted by molar-refractivity contribution is 14.1. The summed E-state index contributed by atoms with van der Waals surface area (Å²) in [5.41, 5.74) is 11.2. The van der Waals surface area contributed by atoms with Crippen LogP contribution in [0.5, 0.6) is 5.88 Å². The van der Waals surface area contributed by atoms with Crippen LogP contribution in [0.1, 0.15) is 5.56 Å². The van der Waals surface area contributed by atoms with Crippen molar-refractivity contribution >= 4 is 28.4 Å². The highest BCUT2D eigenvalue weighted by atomic mass is 127. The minimum atomic E-state index is -4.78. The third-order valence-corrected chi connectivity index (χ3v) is 2.72. The van der Waals surface area contributed by atoms with E-state index in [0.717, 1.165) is 6.07 Å². The molecule has 1 aromatic rings. The zero-order valence-corrected chi connectivity index (χ0v) is 9.46. The van der Waals surface area contributed by atoms with Gasteiger partial charge in [-0.15, -0.1) is 13.2 Å². The molecule has 0 fully saturated rings. The van der Waals surface area contributed by atoms with Crippen molar-refractivity contribution in [3.8, 4) is 5.88 Å². The Morgan fingerprint density at radius 3 is 2.53 bits per heavy atom. The minimum absolute atomic E-state index is 0.0298. The third kappa shape index (κ3) is 3.38. The lowest BCUT2D eigenvalue weighted by atomic mass is 10.2. The first-order valence-corrected chi connectivity index (χ1v) is 4.82. The van der Waals surface area contributed by atoms with Gasteiger partial charge in [-0.2, -0.15) is 4.98 Å². The monoisotopic (exact) mass is 333 g/mol. The molecule has 15 heavy (non-hydrogen) atoms. The number of ether oxygens (including phenoxy) is 1. The van der Waals surface area contributed by atoms with Crippen LogP contribution in [0.2, 0.25) is 0 Å². The zero-order valence-electron chi connectivity index (χ0n) is 7.31. The molecule has 1 rings (SSSR count). The van der Waals surface area contributed by atoms with Crippen LogP contribution in [0.15, 0.2) is 6.07 Å². The Hall–Kier alpha value is -0.770. The Balaban J connectivity index is 3.06. The quantitative estimate of drug-likeness (QED) is 0.807. The van der Waals surface area contributed by atoms with Gasteiger partial charge in [0.05, 0.1) is 3.57 Å². The van der Waals surface area contributed by atoms with E-state index in [-0.39, 0.29) is 12.4 Å². The van der Waals surface area contributed by atoms with E-state index in [1.54, 1.807) is 0 Å². The average molecular weight is 333 g/mol. The predicted octanol–water partition coefficient (Wildman–Crippen LogP) is 1.63. The Morgan fingerprint density at radius 2 is 2.07 bits per heavy atom. The van der Waals surface area contributed by atoms with E-state index in [4.69, 9.17) is 11.5 Å². The average Bonchev–Trinajstić information content (AvgIpc) is 2.08. The van der Waals surface area contributed by atoms with Gasteiger partial charge in [-0.1, -0.05) is 0 Å². The molecule has 0 atom stereocenters. The first-order chi connectivity index (χ1) is 6.83. The van der Waals surface area contributed by atoms with Crippen molar-refractivity contribution in [3.05, 3.63) is 15.2 Å². The van der Waals surface area contributed by atoms with Gasteiger partial charge in [-0.25, -0.2) is 0 Å². The van der Waals surface area contributed by atoms with Crippen molar-refractivity contribution in [2.45, 2.75) is 12.9 Å². The number of aromatic nitrogens is 1. The molecule has 0 aliphatic rings. The lowest BCUT2D eigenvalue weighted by molar-refractivity contribution is -0.276. The second-order valence-electron chi connectivity index (χ2n) is 2.57. The van der Waals surface area contributed by atoms with E-state index in [9.17, 15) is 13.2 Å². The molecule has 0 radical (unpaired) electrons. The van der Waals surface area contributed by atoms with E-state index in [1.165, 1.54) is 0 Å². The van der Waals surface area contributed by atoms with Gasteiger partial charge in [-0.3, -0.25) is 0 Å².